The van der Waals surface area contributed by atoms with Crippen molar-refractivity contribution in [1.29, 1.82) is 0 Å². The topological polar surface area (TPSA) is 86.3 Å². The normalized spacial score (nSPS) is 11.5. The molecular weight excluding hydrogens is 340 g/mol. The van der Waals surface area contributed by atoms with Crippen molar-refractivity contribution in [2.45, 2.75) is 73.0 Å². The molecule has 0 aromatic carbocycles. The van der Waals surface area contributed by atoms with E-state index < -0.39 is 23.4 Å². The Bertz CT molecular complexity index is 373. The highest BCUT2D eigenvalue weighted by molar-refractivity contribution is 5.86. The van der Waals surface area contributed by atoms with Crippen molar-refractivity contribution in [3.63, 3.8) is 0 Å². The van der Waals surface area contributed by atoms with Crippen molar-refractivity contribution in [2.24, 2.45) is 0 Å². The molecule has 0 spiro atoms. The van der Waals surface area contributed by atoms with Crippen LogP contribution >= 0.6 is 0 Å². The predicted octanol–water partition coefficient (Wildman–Crippen LogP) is 3.74. The molecule has 0 aromatic rings. The van der Waals surface area contributed by atoms with E-state index in [1.165, 1.54) is 0 Å². The van der Waals surface area contributed by atoms with Gasteiger partial charge in [-0.1, -0.05) is 12.5 Å². The molecule has 2 amide bonds. The minimum atomic E-state index is -0.894. The number of nitrogens with zero attached hydrogens (tertiary/aromatic N) is 1. The number of hydrogen-bond donors (Lipinski definition) is 1. The molecule has 0 saturated heterocycles. The van der Waals surface area contributed by atoms with E-state index in [0.29, 0.717) is 24.6 Å². The van der Waals surface area contributed by atoms with E-state index in [-0.39, 0.29) is 14.0 Å². The second-order valence-electron chi connectivity index (χ2n) is 7.54. The number of amides is 2. The summed E-state index contributed by atoms with van der Waals surface area (Å²) in [7, 11) is 1.66. The van der Waals surface area contributed by atoms with E-state index in [9.17, 15) is 9.59 Å². The van der Waals surface area contributed by atoms with E-state index in [4.69, 9.17) is 19.0 Å². The van der Waals surface area contributed by atoms with Gasteiger partial charge >= 0.3 is 12.2 Å². The zero-order valence-electron chi connectivity index (χ0n) is 16.6. The second-order valence-corrected chi connectivity index (χ2v) is 7.54. The van der Waals surface area contributed by atoms with E-state index >= 15 is 0 Å². The van der Waals surface area contributed by atoms with Gasteiger partial charge in [0, 0.05) is 13.7 Å². The van der Waals surface area contributed by atoms with E-state index in [0.717, 1.165) is 13.0 Å². The van der Waals surface area contributed by atoms with Crippen LogP contribution in [-0.2, 0) is 19.0 Å². The lowest BCUT2D eigenvalue weighted by atomic mass is 10.2. The minimum absolute atomic E-state index is 0. The number of carbonyl (C=O) groups is 2. The number of imide groups is 1. The number of methoxy groups -OCH3 is 1. The van der Waals surface area contributed by atoms with Crippen molar-refractivity contribution in [3.05, 3.63) is 0 Å². The highest BCUT2D eigenvalue weighted by Gasteiger charge is 2.32. The Morgan fingerprint density at radius 2 is 1.27 bits per heavy atom. The molecule has 0 fully saturated rings. The lowest BCUT2D eigenvalue weighted by Gasteiger charge is -2.27. The SMILES string of the molecule is C.COCCCNCCCON(C(=O)OC(C)(C)C)C(=O)OC(C)(C)C. The third kappa shape index (κ3) is 14.9. The van der Waals surface area contributed by atoms with Gasteiger partial charge in [-0.3, -0.25) is 4.84 Å². The Hall–Kier alpha value is -1.38. The van der Waals surface area contributed by atoms with Crippen molar-refractivity contribution in [1.82, 2.24) is 10.4 Å². The quantitative estimate of drug-likeness (QED) is 0.483. The van der Waals surface area contributed by atoms with Gasteiger partial charge in [0.2, 0.25) is 0 Å². The van der Waals surface area contributed by atoms with Gasteiger partial charge in [-0.05, 0) is 67.5 Å². The fourth-order valence-electron chi connectivity index (χ4n) is 1.61. The highest BCUT2D eigenvalue weighted by Crippen LogP contribution is 2.14. The van der Waals surface area contributed by atoms with Crippen LogP contribution < -0.4 is 5.32 Å². The largest absolute Gasteiger partial charge is 0.444 e. The van der Waals surface area contributed by atoms with Crippen LogP contribution in [0.3, 0.4) is 0 Å². The number of carbonyl (C=O) groups excluding carboxylic acids is 2. The van der Waals surface area contributed by atoms with Crippen LogP contribution in [0.4, 0.5) is 9.59 Å². The first-order chi connectivity index (χ1) is 11.5. The standard InChI is InChI=1S/C17H34N2O6.CH4/c1-16(2,3)24-14(20)19(15(21)25-17(4,5)6)23-13-9-11-18-10-8-12-22-7;/h18H,8-13H2,1-7H3;1H4. The molecule has 0 heterocycles. The highest BCUT2D eigenvalue weighted by atomic mass is 16.8. The summed E-state index contributed by atoms with van der Waals surface area (Å²) in [5, 5.41) is 3.76. The average Bonchev–Trinajstić information content (AvgIpc) is 2.41. The number of rotatable bonds is 9. The minimum Gasteiger partial charge on any atom is -0.442 e. The summed E-state index contributed by atoms with van der Waals surface area (Å²) >= 11 is 0. The number of hydroxylamine groups is 2. The molecule has 1 N–H and O–H groups in total. The number of nitrogens with one attached hydrogen (secondary N) is 1. The Labute approximate surface area is 158 Å². The van der Waals surface area contributed by atoms with Crippen molar-refractivity contribution < 1.29 is 28.6 Å². The van der Waals surface area contributed by atoms with Crippen LogP contribution in [0.1, 0.15) is 61.8 Å². The zero-order chi connectivity index (χ0) is 19.5. The Balaban J connectivity index is 0. The number of ether oxygens (including phenoxy) is 3. The molecule has 0 aliphatic heterocycles. The van der Waals surface area contributed by atoms with Crippen LogP contribution in [0.25, 0.3) is 0 Å². The third-order valence-corrected chi connectivity index (χ3v) is 2.54. The first kappa shape index (κ1) is 26.8. The van der Waals surface area contributed by atoms with E-state index in [1.54, 1.807) is 48.7 Å². The van der Waals surface area contributed by atoms with Crippen molar-refractivity contribution in [2.75, 3.05) is 33.4 Å². The lowest BCUT2D eigenvalue weighted by molar-refractivity contribution is -0.138. The van der Waals surface area contributed by atoms with E-state index in [2.05, 4.69) is 5.32 Å². The molecule has 0 unspecified atom stereocenters. The first-order valence-corrected chi connectivity index (χ1v) is 8.55. The van der Waals surface area contributed by atoms with Gasteiger partial charge in [-0.25, -0.2) is 9.59 Å². The Morgan fingerprint density at radius 3 is 1.65 bits per heavy atom. The van der Waals surface area contributed by atoms with Crippen LogP contribution in [0.15, 0.2) is 0 Å². The summed E-state index contributed by atoms with van der Waals surface area (Å²) in [4.78, 5) is 29.7. The molecule has 8 nitrogen and oxygen atoms in total. The molecule has 0 radical (unpaired) electrons. The van der Waals surface area contributed by atoms with Crippen LogP contribution in [0.2, 0.25) is 0 Å². The maximum Gasteiger partial charge on any atom is 0.444 e. The smallest absolute Gasteiger partial charge is 0.442 e. The lowest BCUT2D eigenvalue weighted by Crippen LogP contribution is -2.43. The zero-order valence-corrected chi connectivity index (χ0v) is 16.6. The maximum absolute atomic E-state index is 12.2. The van der Waals surface area contributed by atoms with Crippen LogP contribution in [-0.4, -0.2) is 61.9 Å². The van der Waals surface area contributed by atoms with Gasteiger partial charge in [0.25, 0.3) is 0 Å². The van der Waals surface area contributed by atoms with Gasteiger partial charge in [-0.15, -0.1) is 0 Å². The van der Waals surface area contributed by atoms with Gasteiger partial charge < -0.3 is 19.5 Å². The molecular formula is C18H38N2O6. The van der Waals surface area contributed by atoms with E-state index in [1.807, 2.05) is 0 Å². The second kappa shape index (κ2) is 12.9. The summed E-state index contributed by atoms with van der Waals surface area (Å²) in [5.74, 6) is 0. The molecule has 156 valence electrons. The molecule has 0 atom stereocenters. The van der Waals surface area contributed by atoms with Gasteiger partial charge in [0.15, 0.2) is 0 Å². The van der Waals surface area contributed by atoms with Crippen molar-refractivity contribution in [3.8, 4) is 0 Å². The molecule has 0 aliphatic carbocycles. The summed E-state index contributed by atoms with van der Waals surface area (Å²) in [6, 6.07) is 0. The Kier molecular flexibility index (Phi) is 13.3. The fourth-order valence-corrected chi connectivity index (χ4v) is 1.61. The van der Waals surface area contributed by atoms with Crippen molar-refractivity contribution >= 4 is 12.2 Å². The average molecular weight is 379 g/mol. The first-order valence-electron chi connectivity index (χ1n) is 8.55. The summed E-state index contributed by atoms with van der Waals surface area (Å²) in [6.07, 6.45) is -0.251. The summed E-state index contributed by atoms with van der Waals surface area (Å²) in [5.41, 5.74) is -1.49. The monoisotopic (exact) mass is 378 g/mol. The van der Waals surface area contributed by atoms with Gasteiger partial charge in [0.1, 0.15) is 11.2 Å². The molecule has 0 saturated carbocycles. The summed E-state index contributed by atoms with van der Waals surface area (Å²) < 4.78 is 15.3. The molecule has 0 aliphatic rings. The third-order valence-electron chi connectivity index (χ3n) is 2.54. The summed E-state index contributed by atoms with van der Waals surface area (Å²) in [6.45, 7) is 12.7. The molecule has 0 aromatic heterocycles. The predicted molar refractivity (Wildman–Crippen MR) is 101 cm³/mol. The van der Waals surface area contributed by atoms with Crippen LogP contribution in [0.5, 0.6) is 0 Å². The molecule has 0 bridgehead atoms. The molecule has 26 heavy (non-hydrogen) atoms. The molecule has 0 rings (SSSR count). The van der Waals surface area contributed by atoms with Crippen LogP contribution in [0, 0.1) is 0 Å². The maximum atomic E-state index is 12.2. The van der Waals surface area contributed by atoms with Gasteiger partial charge in [0.05, 0.1) is 6.61 Å². The van der Waals surface area contributed by atoms with Gasteiger partial charge in [-0.2, -0.15) is 0 Å². The Morgan fingerprint density at radius 1 is 0.846 bits per heavy atom. The fraction of sp³-hybridized carbons (Fsp3) is 0.889. The molecule has 8 heteroatoms. The number of hydrogen-bond acceptors (Lipinski definition) is 7.